The van der Waals surface area contributed by atoms with Crippen LogP contribution < -0.4 is 20.0 Å². The average Bonchev–Trinajstić information content (AvgIpc) is 3.60. The summed E-state index contributed by atoms with van der Waals surface area (Å²) in [7, 11) is 1.46. The van der Waals surface area contributed by atoms with Gasteiger partial charge in [0.2, 0.25) is 11.8 Å². The van der Waals surface area contributed by atoms with Crippen LogP contribution >= 0.6 is 15.9 Å². The van der Waals surface area contributed by atoms with Gasteiger partial charge in [-0.25, -0.2) is 0 Å². The summed E-state index contributed by atoms with van der Waals surface area (Å²) in [5, 5.41) is 13.1. The van der Waals surface area contributed by atoms with Crippen molar-refractivity contribution >= 4 is 56.6 Å². The number of halogens is 1. The molecule has 0 radical (unpaired) electrons. The number of imide groups is 2. The van der Waals surface area contributed by atoms with Gasteiger partial charge in [0, 0.05) is 34.7 Å². The van der Waals surface area contributed by atoms with Gasteiger partial charge in [-0.15, -0.1) is 0 Å². The number of ether oxygens (including phenoxy) is 2. The van der Waals surface area contributed by atoms with Gasteiger partial charge < -0.3 is 19.5 Å². The molecule has 0 unspecified atom stereocenters. The fraction of sp³-hybridized carbons (Fsp3) is 0.318. The minimum atomic E-state index is -1.53. The second-order valence-electron chi connectivity index (χ2n) is 15.3. The maximum atomic E-state index is 15.4. The maximum Gasteiger partial charge on any atom is 0.260 e. The van der Waals surface area contributed by atoms with Crippen molar-refractivity contribution in [2.75, 3.05) is 48.6 Å². The van der Waals surface area contributed by atoms with Gasteiger partial charge in [0.05, 0.1) is 54.9 Å². The second kappa shape index (κ2) is 13.9. The highest BCUT2D eigenvalue weighted by Gasteiger charge is 2.70. The smallest absolute Gasteiger partial charge is 0.260 e. The lowest BCUT2D eigenvalue weighted by molar-refractivity contribution is -0.138. The second-order valence-corrected chi connectivity index (χ2v) is 16.2. The Morgan fingerprint density at radius 2 is 1.55 bits per heavy atom. The molecular weight excluding hydrogens is 776 g/mol. The molecule has 56 heavy (non-hydrogen) atoms. The number of anilines is 3. The van der Waals surface area contributed by atoms with Gasteiger partial charge in [-0.2, -0.15) is 5.01 Å². The first-order valence-electron chi connectivity index (χ1n) is 19.0. The minimum absolute atomic E-state index is 0.143. The molecule has 4 aromatic rings. The first-order valence-corrected chi connectivity index (χ1v) is 19.8. The van der Waals surface area contributed by atoms with Crippen LogP contribution in [0.15, 0.2) is 107 Å². The summed E-state index contributed by atoms with van der Waals surface area (Å²) in [4.78, 5) is 63.0. The van der Waals surface area contributed by atoms with E-state index in [0.717, 1.165) is 34.9 Å². The van der Waals surface area contributed by atoms with E-state index < -0.39 is 46.8 Å². The number of carbonyl (C=O) groups is 4. The first kappa shape index (κ1) is 36.2. The van der Waals surface area contributed by atoms with Gasteiger partial charge in [-0.3, -0.25) is 29.5 Å². The van der Waals surface area contributed by atoms with Crippen LogP contribution in [0.1, 0.15) is 35.4 Å². The van der Waals surface area contributed by atoms with E-state index in [4.69, 9.17) is 9.47 Å². The topological polar surface area (TPSA) is 129 Å². The molecule has 11 nitrogen and oxygen atoms in total. The van der Waals surface area contributed by atoms with Crippen molar-refractivity contribution in [1.82, 2.24) is 5.01 Å². The van der Waals surface area contributed by atoms with E-state index in [1.165, 1.54) is 12.0 Å². The highest BCUT2D eigenvalue weighted by Crippen LogP contribution is 2.65. The van der Waals surface area contributed by atoms with E-state index in [-0.39, 0.29) is 36.2 Å². The predicted molar refractivity (Wildman–Crippen MR) is 213 cm³/mol. The Labute approximate surface area is 333 Å². The highest BCUT2D eigenvalue weighted by atomic mass is 79.9. The van der Waals surface area contributed by atoms with Crippen molar-refractivity contribution in [1.29, 1.82) is 0 Å². The number of nitrogens with one attached hydrogen (secondary N) is 1. The average molecular weight is 818 g/mol. The lowest BCUT2D eigenvalue weighted by atomic mass is 9.49. The quantitative estimate of drug-likeness (QED) is 0.159. The molecule has 5 aliphatic rings. The third kappa shape index (κ3) is 5.48. The largest absolute Gasteiger partial charge is 0.504 e. The van der Waals surface area contributed by atoms with Crippen LogP contribution in [0, 0.1) is 30.6 Å². The number of phenolic OH excluding ortho intramolecular Hbond substituents is 1. The third-order valence-corrected chi connectivity index (χ3v) is 12.9. The maximum absolute atomic E-state index is 15.4. The van der Waals surface area contributed by atoms with E-state index in [0.29, 0.717) is 40.2 Å². The molecule has 12 heteroatoms. The Morgan fingerprint density at radius 3 is 2.25 bits per heavy atom. The highest BCUT2D eigenvalue weighted by molar-refractivity contribution is 9.10. The normalized spacial score (nSPS) is 27.2. The van der Waals surface area contributed by atoms with E-state index in [2.05, 4.69) is 26.3 Å². The molecule has 3 aliphatic heterocycles. The molecular formula is C44H41BrN4O7. The monoisotopic (exact) mass is 816 g/mol. The van der Waals surface area contributed by atoms with E-state index >= 15 is 4.79 Å². The molecule has 0 aromatic heterocycles. The van der Waals surface area contributed by atoms with Crippen molar-refractivity contribution in [2.45, 2.75) is 31.1 Å². The molecule has 2 N–H and O–H groups in total. The van der Waals surface area contributed by atoms with Crippen LogP contribution in [0.3, 0.4) is 0 Å². The molecule has 3 saturated heterocycles. The summed E-state index contributed by atoms with van der Waals surface area (Å²) < 4.78 is 11.7. The van der Waals surface area contributed by atoms with Crippen molar-refractivity contribution < 1.29 is 33.8 Å². The molecule has 1 saturated carbocycles. The van der Waals surface area contributed by atoms with Crippen LogP contribution in [-0.4, -0.2) is 67.2 Å². The van der Waals surface area contributed by atoms with Gasteiger partial charge >= 0.3 is 0 Å². The zero-order valence-electron chi connectivity index (χ0n) is 31.0. The van der Waals surface area contributed by atoms with E-state index in [1.54, 1.807) is 12.1 Å². The molecule has 9 rings (SSSR count). The summed E-state index contributed by atoms with van der Waals surface area (Å²) in [6.07, 6.45) is 2.38. The van der Waals surface area contributed by atoms with Crippen molar-refractivity contribution in [2.24, 2.45) is 23.7 Å². The molecule has 4 fully saturated rings. The van der Waals surface area contributed by atoms with Crippen molar-refractivity contribution in [3.8, 4) is 11.5 Å². The number of hydrazine groups is 1. The molecule has 286 valence electrons. The molecule has 6 atom stereocenters. The Kier molecular flexibility index (Phi) is 9.00. The number of benzene rings is 4. The van der Waals surface area contributed by atoms with Gasteiger partial charge in [0.15, 0.2) is 11.5 Å². The molecule has 2 aliphatic carbocycles. The summed E-state index contributed by atoms with van der Waals surface area (Å²) in [5.41, 5.74) is 6.38. The van der Waals surface area contributed by atoms with Crippen LogP contribution in [-0.2, 0) is 29.3 Å². The van der Waals surface area contributed by atoms with Crippen molar-refractivity contribution in [3.63, 3.8) is 0 Å². The first-order chi connectivity index (χ1) is 27.1. The van der Waals surface area contributed by atoms with E-state index in [9.17, 15) is 19.5 Å². The number of fused-ring (bicyclic) bond motifs is 4. The molecule has 0 bridgehead atoms. The number of hydrogen-bond donors (Lipinski definition) is 2. The van der Waals surface area contributed by atoms with Crippen LogP contribution in [0.25, 0.3) is 0 Å². The Hall–Kier alpha value is -5.46. The fourth-order valence-corrected chi connectivity index (χ4v) is 10.4. The summed E-state index contributed by atoms with van der Waals surface area (Å²) in [5.74, 6) is -5.40. The lowest BCUT2D eigenvalue weighted by Gasteiger charge is -2.50. The number of allylic oxidation sites excluding steroid dienone is 2. The number of hydrogen-bond acceptors (Lipinski definition) is 9. The van der Waals surface area contributed by atoms with Gasteiger partial charge in [-0.1, -0.05) is 75.6 Å². The van der Waals surface area contributed by atoms with Gasteiger partial charge in [-0.05, 0) is 79.8 Å². The summed E-state index contributed by atoms with van der Waals surface area (Å²) in [6, 6.07) is 27.6. The zero-order valence-corrected chi connectivity index (χ0v) is 32.6. The number of morpholine rings is 1. The summed E-state index contributed by atoms with van der Waals surface area (Å²) >= 11 is 3.60. The minimum Gasteiger partial charge on any atom is -0.504 e. The van der Waals surface area contributed by atoms with E-state index in [1.807, 2.05) is 91.9 Å². The Morgan fingerprint density at radius 1 is 0.857 bits per heavy atom. The molecule has 3 heterocycles. The zero-order chi connectivity index (χ0) is 38.9. The van der Waals surface area contributed by atoms with Crippen molar-refractivity contribution in [3.05, 3.63) is 124 Å². The van der Waals surface area contributed by atoms with Gasteiger partial charge in [0.25, 0.3) is 11.8 Å². The Balaban J connectivity index is 1.18. The number of phenols is 1. The van der Waals surface area contributed by atoms with Crippen LogP contribution in [0.5, 0.6) is 11.5 Å². The number of aryl methyl sites for hydroxylation is 1. The number of nitrogens with zero attached hydrogens (tertiary/aromatic N) is 3. The number of rotatable bonds is 7. The van der Waals surface area contributed by atoms with Gasteiger partial charge in [0.1, 0.15) is 0 Å². The fourth-order valence-electron chi connectivity index (χ4n) is 9.95. The van der Waals surface area contributed by atoms with Crippen LogP contribution in [0.4, 0.5) is 17.1 Å². The predicted octanol–water partition coefficient (Wildman–Crippen LogP) is 6.50. The number of amides is 4. The molecule has 4 aromatic carbocycles. The Bertz CT molecular complexity index is 2270. The number of methoxy groups -OCH3 is 1. The number of carbonyl (C=O) groups excluding carboxylic acids is 4. The standard InChI is InChI=1S/C44H41BrN4O7/c1-25-8-10-28(11-9-25)46-49-41(52)35-24-33-31(38(34-22-27(45)23-36(55-2)39(34)50)44(35,43(49)54)26-6-4-3-5-7-26)16-17-32-37(33)42(53)48(40(32)51)30-14-12-29(13-15-30)47-18-20-56-21-19-47/h3-16,22-23,32-33,35,37-38,46,50H,17-21,24H2,1-2H3/t32-,33+,35-,37-,38+,44+/m0/s1. The molecule has 0 spiro atoms. The lowest BCUT2D eigenvalue weighted by Crippen LogP contribution is -2.53. The summed E-state index contributed by atoms with van der Waals surface area (Å²) in [6.45, 7) is 4.74. The third-order valence-electron chi connectivity index (χ3n) is 12.5. The van der Waals surface area contributed by atoms with Crippen LogP contribution in [0.2, 0.25) is 0 Å². The SMILES string of the molecule is COc1cc(Br)cc([C@H]2C3=CC[C@@H]4C(=O)N(c5ccc(N6CCOCC6)cc5)C(=O)[C@@H]4[C@@H]3C[C@H]3C(=O)N(Nc4ccc(C)cc4)C(=O)[C@@]23c2ccccc2)c1O. The number of aromatic hydroxyl groups is 1. The molecule has 4 amide bonds.